The first kappa shape index (κ1) is 16.8. The summed E-state index contributed by atoms with van der Waals surface area (Å²) in [4.78, 5) is 26.8. The van der Waals surface area contributed by atoms with Gasteiger partial charge < -0.3 is 10.1 Å². The predicted octanol–water partition coefficient (Wildman–Crippen LogP) is 4.10. The fourth-order valence-electron chi connectivity index (χ4n) is 3.43. The van der Waals surface area contributed by atoms with Gasteiger partial charge in [0.25, 0.3) is 0 Å². The highest BCUT2D eigenvalue weighted by Gasteiger charge is 2.30. The number of benzene rings is 1. The molecule has 25 heavy (non-hydrogen) atoms. The number of hydrogen-bond acceptors (Lipinski definition) is 4. The summed E-state index contributed by atoms with van der Waals surface area (Å²) in [5.74, 6) is -0.230. The van der Waals surface area contributed by atoms with Crippen LogP contribution in [0, 0.1) is 5.92 Å². The molecule has 1 N–H and O–H groups in total. The SMILES string of the molecule is O=C(c1ccc(Cl)cc1)c1c(NC(=O)C2CCOC2)sc2c1CCC2. The zero-order valence-electron chi connectivity index (χ0n) is 13.6. The van der Waals surface area contributed by atoms with Crippen LogP contribution in [0.2, 0.25) is 5.02 Å². The third-order valence-corrected chi connectivity index (χ3v) is 6.25. The molecule has 2 heterocycles. The summed E-state index contributed by atoms with van der Waals surface area (Å²) in [6.45, 7) is 1.08. The third-order valence-electron chi connectivity index (χ3n) is 4.79. The van der Waals surface area contributed by atoms with E-state index in [9.17, 15) is 9.59 Å². The summed E-state index contributed by atoms with van der Waals surface area (Å²) < 4.78 is 5.30. The molecule has 4 rings (SSSR count). The number of fused-ring (bicyclic) bond motifs is 1. The Kier molecular flexibility index (Phi) is 4.63. The van der Waals surface area contributed by atoms with E-state index in [0.717, 1.165) is 31.2 Å². The smallest absolute Gasteiger partial charge is 0.230 e. The number of ether oxygens (including phenoxy) is 1. The first-order valence-corrected chi connectivity index (χ1v) is 9.66. The lowest BCUT2D eigenvalue weighted by molar-refractivity contribution is -0.119. The molecule has 1 fully saturated rings. The topological polar surface area (TPSA) is 55.4 Å². The molecule has 0 spiro atoms. The molecule has 1 aliphatic heterocycles. The van der Waals surface area contributed by atoms with Crippen molar-refractivity contribution in [3.05, 3.63) is 50.9 Å². The van der Waals surface area contributed by atoms with E-state index in [1.807, 2.05) is 0 Å². The number of aryl methyl sites for hydroxylation is 1. The van der Waals surface area contributed by atoms with Crippen LogP contribution in [0.15, 0.2) is 24.3 Å². The fourth-order valence-corrected chi connectivity index (χ4v) is 4.85. The second-order valence-corrected chi connectivity index (χ2v) is 7.99. The van der Waals surface area contributed by atoms with Crippen molar-refractivity contribution < 1.29 is 14.3 Å². The lowest BCUT2D eigenvalue weighted by atomic mass is 10.00. The molecule has 4 nitrogen and oxygen atoms in total. The lowest BCUT2D eigenvalue weighted by Gasteiger charge is -2.11. The second kappa shape index (κ2) is 6.90. The number of carbonyl (C=O) groups is 2. The summed E-state index contributed by atoms with van der Waals surface area (Å²) in [5, 5.41) is 4.28. The summed E-state index contributed by atoms with van der Waals surface area (Å²) in [7, 11) is 0. The molecule has 1 aliphatic carbocycles. The third kappa shape index (κ3) is 3.24. The van der Waals surface area contributed by atoms with E-state index in [4.69, 9.17) is 16.3 Å². The van der Waals surface area contributed by atoms with Gasteiger partial charge in [0, 0.05) is 22.1 Å². The number of hydrogen-bond donors (Lipinski definition) is 1. The summed E-state index contributed by atoms with van der Waals surface area (Å²) >= 11 is 7.47. The Morgan fingerprint density at radius 2 is 2.00 bits per heavy atom. The van der Waals surface area contributed by atoms with Crippen LogP contribution in [-0.2, 0) is 22.4 Å². The van der Waals surface area contributed by atoms with E-state index in [-0.39, 0.29) is 17.6 Å². The van der Waals surface area contributed by atoms with Gasteiger partial charge in [-0.15, -0.1) is 11.3 Å². The van der Waals surface area contributed by atoms with Gasteiger partial charge in [0.2, 0.25) is 5.91 Å². The molecule has 130 valence electrons. The second-order valence-electron chi connectivity index (χ2n) is 6.45. The van der Waals surface area contributed by atoms with Crippen LogP contribution in [0.1, 0.15) is 39.2 Å². The molecule has 6 heteroatoms. The van der Waals surface area contributed by atoms with Gasteiger partial charge in [-0.2, -0.15) is 0 Å². The molecule has 0 radical (unpaired) electrons. The molecule has 2 aliphatic rings. The first-order chi connectivity index (χ1) is 12.1. The maximum Gasteiger partial charge on any atom is 0.230 e. The number of amides is 1. The van der Waals surface area contributed by atoms with Crippen molar-refractivity contribution in [3.8, 4) is 0 Å². The van der Waals surface area contributed by atoms with Gasteiger partial charge in [-0.1, -0.05) is 11.6 Å². The molecule has 0 bridgehead atoms. The Hall–Kier alpha value is -1.69. The highest BCUT2D eigenvalue weighted by molar-refractivity contribution is 7.17. The highest BCUT2D eigenvalue weighted by Crippen LogP contribution is 2.40. The maximum absolute atomic E-state index is 13.1. The summed E-state index contributed by atoms with van der Waals surface area (Å²) in [6.07, 6.45) is 3.66. The van der Waals surface area contributed by atoms with E-state index in [1.54, 1.807) is 35.6 Å². The standard InChI is InChI=1S/C19H18ClNO3S/c20-13-6-4-11(5-7-13)17(22)16-14-2-1-3-15(14)25-19(16)21-18(23)12-8-9-24-10-12/h4-7,12H,1-3,8-10H2,(H,21,23). The van der Waals surface area contributed by atoms with Crippen molar-refractivity contribution in [3.63, 3.8) is 0 Å². The first-order valence-electron chi connectivity index (χ1n) is 8.47. The van der Waals surface area contributed by atoms with Crippen LogP contribution in [0.5, 0.6) is 0 Å². The zero-order chi connectivity index (χ0) is 17.4. The average Bonchev–Trinajstić information content (AvgIpc) is 3.32. The summed E-state index contributed by atoms with van der Waals surface area (Å²) in [5.41, 5.74) is 2.35. The Labute approximate surface area is 155 Å². The number of ketones is 1. The Morgan fingerprint density at radius 1 is 1.20 bits per heavy atom. The van der Waals surface area contributed by atoms with Crippen molar-refractivity contribution >= 4 is 39.6 Å². The number of rotatable bonds is 4. The molecule has 1 aromatic carbocycles. The molecule has 2 aromatic rings. The van der Waals surface area contributed by atoms with E-state index in [0.29, 0.717) is 34.4 Å². The average molecular weight is 376 g/mol. The lowest BCUT2D eigenvalue weighted by Crippen LogP contribution is -2.23. The monoisotopic (exact) mass is 375 g/mol. The van der Waals surface area contributed by atoms with E-state index >= 15 is 0 Å². The fraction of sp³-hybridized carbons (Fsp3) is 0.368. The molecule has 1 unspecified atom stereocenters. The van der Waals surface area contributed by atoms with Crippen molar-refractivity contribution in [2.75, 3.05) is 18.5 Å². The molecular weight excluding hydrogens is 358 g/mol. The number of thiophene rings is 1. The van der Waals surface area contributed by atoms with Crippen molar-refractivity contribution in [1.82, 2.24) is 0 Å². The Bertz CT molecular complexity index is 822. The van der Waals surface area contributed by atoms with Crippen LogP contribution in [-0.4, -0.2) is 24.9 Å². The number of anilines is 1. The van der Waals surface area contributed by atoms with Crippen LogP contribution >= 0.6 is 22.9 Å². The Balaban J connectivity index is 1.67. The van der Waals surface area contributed by atoms with Crippen molar-refractivity contribution in [1.29, 1.82) is 0 Å². The minimum absolute atomic E-state index is 0.0472. The largest absolute Gasteiger partial charge is 0.381 e. The zero-order valence-corrected chi connectivity index (χ0v) is 15.2. The van der Waals surface area contributed by atoms with Crippen LogP contribution in [0.4, 0.5) is 5.00 Å². The normalized spacial score (nSPS) is 19.0. The highest BCUT2D eigenvalue weighted by atomic mass is 35.5. The van der Waals surface area contributed by atoms with Crippen molar-refractivity contribution in [2.45, 2.75) is 25.7 Å². The van der Waals surface area contributed by atoms with E-state index in [1.165, 1.54) is 4.88 Å². The van der Waals surface area contributed by atoms with E-state index < -0.39 is 0 Å². The number of nitrogens with one attached hydrogen (secondary N) is 1. The van der Waals surface area contributed by atoms with Gasteiger partial charge in [0.1, 0.15) is 5.00 Å². The van der Waals surface area contributed by atoms with Gasteiger partial charge in [-0.05, 0) is 55.5 Å². The van der Waals surface area contributed by atoms with Gasteiger partial charge in [-0.3, -0.25) is 9.59 Å². The van der Waals surface area contributed by atoms with Crippen LogP contribution in [0.25, 0.3) is 0 Å². The Morgan fingerprint density at radius 3 is 2.72 bits per heavy atom. The van der Waals surface area contributed by atoms with Gasteiger partial charge >= 0.3 is 0 Å². The summed E-state index contributed by atoms with van der Waals surface area (Å²) in [6, 6.07) is 6.91. The minimum atomic E-state index is -0.129. The number of halogens is 1. The molecule has 1 amide bonds. The molecule has 0 saturated carbocycles. The molecular formula is C19H18ClNO3S. The molecule has 1 aromatic heterocycles. The number of carbonyl (C=O) groups excluding carboxylic acids is 2. The van der Waals surface area contributed by atoms with Crippen LogP contribution < -0.4 is 5.32 Å². The predicted molar refractivity (Wildman–Crippen MR) is 98.8 cm³/mol. The van der Waals surface area contributed by atoms with E-state index in [2.05, 4.69) is 5.32 Å². The minimum Gasteiger partial charge on any atom is -0.381 e. The maximum atomic E-state index is 13.1. The molecule has 1 saturated heterocycles. The van der Waals surface area contributed by atoms with Gasteiger partial charge in [-0.25, -0.2) is 0 Å². The van der Waals surface area contributed by atoms with Crippen LogP contribution in [0.3, 0.4) is 0 Å². The van der Waals surface area contributed by atoms with Crippen molar-refractivity contribution in [2.24, 2.45) is 5.92 Å². The molecule has 1 atom stereocenters. The van der Waals surface area contributed by atoms with Gasteiger partial charge in [0.05, 0.1) is 18.1 Å². The van der Waals surface area contributed by atoms with Gasteiger partial charge in [0.15, 0.2) is 5.78 Å². The quantitative estimate of drug-likeness (QED) is 0.818.